The van der Waals surface area contributed by atoms with Gasteiger partial charge in [-0.1, -0.05) is 11.6 Å². The van der Waals surface area contributed by atoms with Gasteiger partial charge in [-0.2, -0.15) is 0 Å². The molecule has 1 aliphatic carbocycles. The van der Waals surface area contributed by atoms with Gasteiger partial charge in [0.05, 0.1) is 0 Å². The fourth-order valence-corrected chi connectivity index (χ4v) is 1.97. The summed E-state index contributed by atoms with van der Waals surface area (Å²) in [7, 11) is 1.78. The third-order valence-corrected chi connectivity index (χ3v) is 3.44. The smallest absolute Gasteiger partial charge is 0.229 e. The van der Waals surface area contributed by atoms with Gasteiger partial charge in [-0.25, -0.2) is 0 Å². The van der Waals surface area contributed by atoms with Crippen LogP contribution in [0.5, 0.6) is 0 Å². The summed E-state index contributed by atoms with van der Waals surface area (Å²) in [6.45, 7) is 0. The van der Waals surface area contributed by atoms with Gasteiger partial charge in [0, 0.05) is 24.2 Å². The Kier molecular flexibility index (Phi) is 3.50. The number of hydrogen-bond donors (Lipinski definition) is 2. The lowest BCUT2D eigenvalue weighted by Gasteiger charge is -2.29. The van der Waals surface area contributed by atoms with Crippen LogP contribution in [-0.2, 0) is 4.79 Å². The lowest BCUT2D eigenvalue weighted by Crippen LogP contribution is -2.36. The Balaban J connectivity index is 2.11. The van der Waals surface area contributed by atoms with Crippen LogP contribution in [0.25, 0.3) is 0 Å². The van der Waals surface area contributed by atoms with Crippen LogP contribution in [0.3, 0.4) is 0 Å². The third-order valence-electron chi connectivity index (χ3n) is 3.44. The molecular weight excluding hydrogens is 230 g/mol. The monoisotopic (exact) mass is 247 g/mol. The number of amides is 1. The van der Waals surface area contributed by atoms with E-state index in [-0.39, 0.29) is 17.7 Å². The minimum absolute atomic E-state index is 0.0644. The van der Waals surface area contributed by atoms with E-state index in [0.717, 1.165) is 24.9 Å². The Hall–Kier alpha value is -2.04. The summed E-state index contributed by atoms with van der Waals surface area (Å²) in [5, 5.41) is 11.5. The zero-order valence-electron chi connectivity index (χ0n) is 10.3. The van der Waals surface area contributed by atoms with Crippen LogP contribution in [0.1, 0.15) is 24.8 Å². The summed E-state index contributed by atoms with van der Waals surface area (Å²) >= 11 is 0. The van der Waals surface area contributed by atoms with Gasteiger partial charge in [0.1, 0.15) is 0 Å². The summed E-state index contributed by atoms with van der Waals surface area (Å²) in [5.74, 6) is 0.408. The minimum atomic E-state index is 0.0644. The van der Waals surface area contributed by atoms with Crippen molar-refractivity contribution in [2.24, 2.45) is 16.8 Å². The van der Waals surface area contributed by atoms with Crippen LogP contribution in [0, 0.1) is 5.92 Å². The molecule has 0 heterocycles. The molecule has 1 aliphatic rings. The van der Waals surface area contributed by atoms with Crippen LogP contribution in [0.15, 0.2) is 29.4 Å². The van der Waals surface area contributed by atoms with Crippen molar-refractivity contribution in [3.05, 3.63) is 29.8 Å². The highest BCUT2D eigenvalue weighted by molar-refractivity contribution is 5.98. The molecule has 0 spiro atoms. The molecule has 0 saturated heterocycles. The standard InChI is InChI=1S/C13H17N3O2/c1-16(13(17)10-3-2-4-10)11-7-5-9(6-8-11)12(14)15-18/h5-8,10,18H,2-4H2,1H3,(H2,14,15). The van der Waals surface area contributed by atoms with Crippen molar-refractivity contribution in [3.63, 3.8) is 0 Å². The van der Waals surface area contributed by atoms with E-state index in [9.17, 15) is 4.79 Å². The van der Waals surface area contributed by atoms with Gasteiger partial charge in [-0.15, -0.1) is 0 Å². The van der Waals surface area contributed by atoms with Crippen LogP contribution >= 0.6 is 0 Å². The summed E-state index contributed by atoms with van der Waals surface area (Å²) in [6, 6.07) is 7.05. The molecule has 1 aromatic rings. The van der Waals surface area contributed by atoms with Gasteiger partial charge in [0.25, 0.3) is 0 Å². The maximum atomic E-state index is 12.0. The van der Waals surface area contributed by atoms with Crippen molar-refractivity contribution < 1.29 is 10.0 Å². The Morgan fingerprint density at radius 2 is 2.00 bits per heavy atom. The molecule has 3 N–H and O–H groups in total. The van der Waals surface area contributed by atoms with Crippen molar-refractivity contribution in [1.29, 1.82) is 0 Å². The average Bonchev–Trinajstić information content (AvgIpc) is 2.35. The maximum absolute atomic E-state index is 12.0. The number of nitrogens with zero attached hydrogens (tertiary/aromatic N) is 2. The highest BCUT2D eigenvalue weighted by Gasteiger charge is 2.28. The molecule has 0 unspecified atom stereocenters. The summed E-state index contributed by atoms with van der Waals surface area (Å²) < 4.78 is 0. The second-order valence-corrected chi connectivity index (χ2v) is 4.56. The molecule has 0 aromatic heterocycles. The summed E-state index contributed by atoms with van der Waals surface area (Å²) in [6.07, 6.45) is 3.13. The molecule has 0 aliphatic heterocycles. The van der Waals surface area contributed by atoms with E-state index in [1.165, 1.54) is 0 Å². The zero-order valence-corrected chi connectivity index (χ0v) is 10.3. The largest absolute Gasteiger partial charge is 0.409 e. The molecular formula is C13H17N3O2. The predicted molar refractivity (Wildman–Crippen MR) is 69.7 cm³/mol. The minimum Gasteiger partial charge on any atom is -0.409 e. The van der Waals surface area contributed by atoms with Gasteiger partial charge in [-0.3, -0.25) is 4.79 Å². The van der Waals surface area contributed by atoms with Crippen molar-refractivity contribution in [2.75, 3.05) is 11.9 Å². The zero-order chi connectivity index (χ0) is 13.1. The molecule has 2 rings (SSSR count). The number of anilines is 1. The first-order valence-electron chi connectivity index (χ1n) is 5.99. The molecule has 0 bridgehead atoms. The number of carbonyl (C=O) groups is 1. The van der Waals surface area contributed by atoms with Gasteiger partial charge in [-0.05, 0) is 37.1 Å². The van der Waals surface area contributed by atoms with E-state index in [0.29, 0.717) is 5.56 Å². The quantitative estimate of drug-likeness (QED) is 0.368. The first kappa shape index (κ1) is 12.4. The van der Waals surface area contributed by atoms with Gasteiger partial charge < -0.3 is 15.8 Å². The van der Waals surface area contributed by atoms with E-state index in [4.69, 9.17) is 10.9 Å². The molecule has 1 amide bonds. The number of rotatable bonds is 3. The first-order chi connectivity index (χ1) is 8.63. The van der Waals surface area contributed by atoms with E-state index in [1.807, 2.05) is 0 Å². The van der Waals surface area contributed by atoms with E-state index >= 15 is 0 Å². The normalized spacial score (nSPS) is 16.2. The maximum Gasteiger partial charge on any atom is 0.229 e. The molecule has 18 heavy (non-hydrogen) atoms. The van der Waals surface area contributed by atoms with Crippen LogP contribution in [0.4, 0.5) is 5.69 Å². The molecule has 1 saturated carbocycles. The lowest BCUT2D eigenvalue weighted by atomic mass is 9.84. The number of hydrogen-bond acceptors (Lipinski definition) is 3. The van der Waals surface area contributed by atoms with Crippen molar-refractivity contribution in [2.45, 2.75) is 19.3 Å². The van der Waals surface area contributed by atoms with Crippen LogP contribution < -0.4 is 10.6 Å². The van der Waals surface area contributed by atoms with E-state index in [2.05, 4.69) is 5.16 Å². The molecule has 5 heteroatoms. The summed E-state index contributed by atoms with van der Waals surface area (Å²) in [4.78, 5) is 13.7. The Labute approximate surface area is 106 Å². The summed E-state index contributed by atoms with van der Waals surface area (Å²) in [5.41, 5.74) is 6.93. The lowest BCUT2D eigenvalue weighted by molar-refractivity contribution is -0.124. The number of carbonyl (C=O) groups excluding carboxylic acids is 1. The fourth-order valence-electron chi connectivity index (χ4n) is 1.97. The first-order valence-corrected chi connectivity index (χ1v) is 5.99. The topological polar surface area (TPSA) is 78.9 Å². The number of nitrogens with two attached hydrogens (primary N) is 1. The molecule has 1 fully saturated rings. The second kappa shape index (κ2) is 5.08. The van der Waals surface area contributed by atoms with Crippen LogP contribution in [0.2, 0.25) is 0 Å². The predicted octanol–water partition coefficient (Wildman–Crippen LogP) is 1.54. The van der Waals surface area contributed by atoms with Crippen molar-refractivity contribution in [3.8, 4) is 0 Å². The SMILES string of the molecule is CN(C(=O)C1CCC1)c1ccc(C(N)=NO)cc1. The molecule has 1 aromatic carbocycles. The molecule has 5 nitrogen and oxygen atoms in total. The third kappa shape index (κ3) is 2.30. The van der Waals surface area contributed by atoms with Crippen molar-refractivity contribution in [1.82, 2.24) is 0 Å². The van der Waals surface area contributed by atoms with Crippen molar-refractivity contribution >= 4 is 17.4 Å². The molecule has 0 radical (unpaired) electrons. The number of amidine groups is 1. The highest BCUT2D eigenvalue weighted by atomic mass is 16.4. The average molecular weight is 247 g/mol. The highest BCUT2D eigenvalue weighted by Crippen LogP contribution is 2.29. The van der Waals surface area contributed by atoms with E-state index < -0.39 is 0 Å². The Morgan fingerprint density at radius 1 is 1.39 bits per heavy atom. The van der Waals surface area contributed by atoms with Gasteiger partial charge in [0.2, 0.25) is 5.91 Å². The van der Waals surface area contributed by atoms with Gasteiger partial charge >= 0.3 is 0 Å². The van der Waals surface area contributed by atoms with Gasteiger partial charge in [0.15, 0.2) is 5.84 Å². The number of oxime groups is 1. The Morgan fingerprint density at radius 3 is 2.44 bits per heavy atom. The number of benzene rings is 1. The fraction of sp³-hybridized carbons (Fsp3) is 0.385. The Bertz CT molecular complexity index is 464. The van der Waals surface area contributed by atoms with E-state index in [1.54, 1.807) is 36.2 Å². The molecule has 96 valence electrons. The molecule has 0 atom stereocenters. The second-order valence-electron chi connectivity index (χ2n) is 4.56. The van der Waals surface area contributed by atoms with Crippen LogP contribution in [-0.4, -0.2) is 24.0 Å².